The Morgan fingerprint density at radius 2 is 2.00 bits per heavy atom. The summed E-state index contributed by atoms with van der Waals surface area (Å²) >= 11 is 2.03. The molecule has 1 aliphatic rings. The average molecular weight is 178 g/mol. The molecule has 0 bridgehead atoms. The van der Waals surface area contributed by atoms with Gasteiger partial charge in [-0.25, -0.2) is 0 Å². The molecule has 4 heteroatoms. The first-order valence-corrected chi connectivity index (χ1v) is 5.15. The molecule has 3 nitrogen and oxygen atoms in total. The van der Waals surface area contributed by atoms with Gasteiger partial charge in [-0.15, -0.1) is 0 Å². The van der Waals surface area contributed by atoms with Crippen molar-refractivity contribution in [3.63, 3.8) is 0 Å². The molecular formula is C7H18N2OS. The summed E-state index contributed by atoms with van der Waals surface area (Å²) in [6.07, 6.45) is 0.0231. The number of hydrogen-bond acceptors (Lipinski definition) is 4. The van der Waals surface area contributed by atoms with E-state index in [-0.39, 0.29) is 0 Å². The molecule has 1 heterocycles. The second-order valence-corrected chi connectivity index (χ2v) is 3.56. The van der Waals surface area contributed by atoms with Crippen LogP contribution in [-0.2, 0) is 0 Å². The molecule has 0 aromatic carbocycles. The van der Waals surface area contributed by atoms with Gasteiger partial charge in [-0.3, -0.25) is 0 Å². The van der Waals surface area contributed by atoms with Gasteiger partial charge in [-0.05, 0) is 6.42 Å². The first-order valence-electron chi connectivity index (χ1n) is 3.99. The van der Waals surface area contributed by atoms with Gasteiger partial charge in [0.05, 0.1) is 0 Å². The molecule has 0 radical (unpaired) electrons. The Hall–Kier alpha value is 0.230. The fourth-order valence-corrected chi connectivity index (χ4v) is 1.30. The maximum absolute atomic E-state index is 8.14. The van der Waals surface area contributed by atoms with E-state index in [0.29, 0.717) is 6.42 Å². The van der Waals surface area contributed by atoms with Gasteiger partial charge in [0, 0.05) is 24.6 Å². The highest BCUT2D eigenvalue weighted by atomic mass is 32.2. The number of aliphatic hydroxyl groups excluding tert-OH is 1. The van der Waals surface area contributed by atoms with E-state index in [4.69, 9.17) is 10.8 Å². The number of rotatable bonds is 1. The molecule has 0 aliphatic carbocycles. The second-order valence-electron chi connectivity index (χ2n) is 2.34. The number of aliphatic hydroxyl groups is 1. The molecule has 4 N–H and O–H groups in total. The molecule has 0 aromatic heterocycles. The van der Waals surface area contributed by atoms with Crippen LogP contribution in [0, 0.1) is 0 Å². The minimum atomic E-state index is -0.616. The summed E-state index contributed by atoms with van der Waals surface area (Å²) in [5.41, 5.74) is 4.85. The SMILES string of the molecule is C1CSCCN1.CCC(N)O. The van der Waals surface area contributed by atoms with Crippen molar-refractivity contribution in [3.8, 4) is 0 Å². The molecule has 0 spiro atoms. The summed E-state index contributed by atoms with van der Waals surface area (Å²) in [5.74, 6) is 2.61. The third-order valence-corrected chi connectivity index (χ3v) is 2.25. The van der Waals surface area contributed by atoms with Crippen LogP contribution in [0.2, 0.25) is 0 Å². The smallest absolute Gasteiger partial charge is 0.102 e. The standard InChI is InChI=1S/C4H9NS.C3H9NO/c1-3-6-4-2-5-1;1-2-3(4)5/h5H,1-4H2;3,5H,2,4H2,1H3. The van der Waals surface area contributed by atoms with Crippen LogP contribution in [0.25, 0.3) is 0 Å². The van der Waals surface area contributed by atoms with Crippen molar-refractivity contribution in [2.75, 3.05) is 24.6 Å². The summed E-state index contributed by atoms with van der Waals surface area (Å²) in [7, 11) is 0. The summed E-state index contributed by atoms with van der Waals surface area (Å²) in [6.45, 7) is 4.25. The Balaban J connectivity index is 0.000000187. The van der Waals surface area contributed by atoms with Gasteiger partial charge in [0.25, 0.3) is 0 Å². The lowest BCUT2D eigenvalue weighted by molar-refractivity contribution is 0.178. The van der Waals surface area contributed by atoms with E-state index in [0.717, 1.165) is 0 Å². The quantitative estimate of drug-likeness (QED) is 0.495. The van der Waals surface area contributed by atoms with E-state index < -0.39 is 6.23 Å². The van der Waals surface area contributed by atoms with Crippen LogP contribution in [0.1, 0.15) is 13.3 Å². The monoisotopic (exact) mass is 178 g/mol. The Morgan fingerprint density at radius 1 is 1.55 bits per heavy atom. The minimum Gasteiger partial charge on any atom is -0.379 e. The van der Waals surface area contributed by atoms with Crippen molar-refractivity contribution in [1.82, 2.24) is 5.32 Å². The highest BCUT2D eigenvalue weighted by Crippen LogP contribution is 1.99. The van der Waals surface area contributed by atoms with Gasteiger partial charge in [-0.2, -0.15) is 11.8 Å². The fourth-order valence-electron chi connectivity index (χ4n) is 0.516. The third kappa shape index (κ3) is 10.2. The number of nitrogens with one attached hydrogen (secondary N) is 1. The normalized spacial score (nSPS) is 19.9. The molecule has 1 atom stereocenters. The summed E-state index contributed by atoms with van der Waals surface area (Å²) in [4.78, 5) is 0. The molecule has 68 valence electrons. The molecular weight excluding hydrogens is 160 g/mol. The zero-order valence-electron chi connectivity index (χ0n) is 7.05. The van der Waals surface area contributed by atoms with Crippen LogP contribution in [0.4, 0.5) is 0 Å². The van der Waals surface area contributed by atoms with Gasteiger partial charge in [0.1, 0.15) is 6.23 Å². The lowest BCUT2D eigenvalue weighted by atomic mass is 10.5. The summed E-state index contributed by atoms with van der Waals surface area (Å²) < 4.78 is 0. The predicted octanol–water partition coefficient (Wildman–Crippen LogP) is -0.00370. The van der Waals surface area contributed by atoms with Gasteiger partial charge in [0.15, 0.2) is 0 Å². The molecule has 11 heavy (non-hydrogen) atoms. The van der Waals surface area contributed by atoms with Crippen molar-refractivity contribution in [1.29, 1.82) is 0 Å². The Bertz CT molecular complexity index is 65.3. The largest absolute Gasteiger partial charge is 0.379 e. The fraction of sp³-hybridized carbons (Fsp3) is 1.00. The number of nitrogens with two attached hydrogens (primary N) is 1. The maximum Gasteiger partial charge on any atom is 0.102 e. The highest BCUT2D eigenvalue weighted by molar-refractivity contribution is 7.99. The lowest BCUT2D eigenvalue weighted by Crippen LogP contribution is -2.24. The third-order valence-electron chi connectivity index (χ3n) is 1.26. The first-order chi connectivity index (χ1) is 5.27. The highest BCUT2D eigenvalue weighted by Gasteiger charge is 1.93. The second kappa shape index (κ2) is 8.33. The maximum atomic E-state index is 8.14. The van der Waals surface area contributed by atoms with Gasteiger partial charge in [0.2, 0.25) is 0 Å². The lowest BCUT2D eigenvalue weighted by Gasteiger charge is -2.08. The molecule has 0 aromatic rings. The van der Waals surface area contributed by atoms with E-state index in [1.165, 1.54) is 24.6 Å². The van der Waals surface area contributed by atoms with Gasteiger partial charge in [-0.1, -0.05) is 6.92 Å². The van der Waals surface area contributed by atoms with Crippen LogP contribution >= 0.6 is 11.8 Å². The van der Waals surface area contributed by atoms with E-state index in [9.17, 15) is 0 Å². The topological polar surface area (TPSA) is 58.3 Å². The Labute approximate surface area is 72.7 Å². The molecule has 1 unspecified atom stereocenters. The van der Waals surface area contributed by atoms with E-state index in [2.05, 4.69) is 5.32 Å². The molecule has 0 saturated carbocycles. The Morgan fingerprint density at radius 3 is 2.09 bits per heavy atom. The van der Waals surface area contributed by atoms with Crippen molar-refractivity contribution in [2.24, 2.45) is 5.73 Å². The molecule has 1 rings (SSSR count). The van der Waals surface area contributed by atoms with E-state index in [1.807, 2.05) is 18.7 Å². The Kier molecular flexibility index (Phi) is 8.50. The zero-order chi connectivity index (χ0) is 8.53. The predicted molar refractivity (Wildman–Crippen MR) is 50.7 cm³/mol. The summed E-state index contributed by atoms with van der Waals surface area (Å²) in [6, 6.07) is 0. The van der Waals surface area contributed by atoms with Crippen molar-refractivity contribution in [3.05, 3.63) is 0 Å². The van der Waals surface area contributed by atoms with Crippen molar-refractivity contribution >= 4 is 11.8 Å². The number of hydrogen-bond donors (Lipinski definition) is 3. The van der Waals surface area contributed by atoms with Gasteiger partial charge < -0.3 is 16.2 Å². The summed E-state index contributed by atoms with van der Waals surface area (Å²) in [5, 5.41) is 11.4. The zero-order valence-corrected chi connectivity index (χ0v) is 7.86. The molecule has 0 amide bonds. The average Bonchev–Trinajstić information content (AvgIpc) is 2.09. The van der Waals surface area contributed by atoms with Crippen molar-refractivity contribution in [2.45, 2.75) is 19.6 Å². The minimum absolute atomic E-state index is 0.616. The van der Waals surface area contributed by atoms with Crippen LogP contribution in [-0.4, -0.2) is 35.9 Å². The molecule has 1 fully saturated rings. The van der Waals surface area contributed by atoms with Crippen molar-refractivity contribution < 1.29 is 5.11 Å². The van der Waals surface area contributed by atoms with E-state index in [1.54, 1.807) is 0 Å². The van der Waals surface area contributed by atoms with E-state index >= 15 is 0 Å². The van der Waals surface area contributed by atoms with Crippen LogP contribution in [0.5, 0.6) is 0 Å². The first kappa shape index (κ1) is 11.2. The van der Waals surface area contributed by atoms with Crippen LogP contribution in [0.15, 0.2) is 0 Å². The molecule has 1 aliphatic heterocycles. The van der Waals surface area contributed by atoms with Gasteiger partial charge >= 0.3 is 0 Å². The van der Waals surface area contributed by atoms with Crippen LogP contribution < -0.4 is 11.1 Å². The number of thioether (sulfide) groups is 1. The molecule has 1 saturated heterocycles. The van der Waals surface area contributed by atoms with Crippen LogP contribution in [0.3, 0.4) is 0 Å².